The number of nitrogen functional groups attached to an aromatic ring is 1. The van der Waals surface area contributed by atoms with Crippen LogP contribution in [-0.4, -0.2) is 175 Å². The smallest absolute Gasteiger partial charge is 0.376 e. The number of piperidine rings is 1. The maximum absolute atomic E-state index is 11.0. The van der Waals surface area contributed by atoms with E-state index in [9.17, 15) is 24.3 Å². The summed E-state index contributed by atoms with van der Waals surface area (Å²) in [4.78, 5) is 74.6. The molecule has 10 heterocycles. The number of anilines is 2. The van der Waals surface area contributed by atoms with Gasteiger partial charge >= 0.3 is 62.4 Å². The summed E-state index contributed by atoms with van der Waals surface area (Å²) in [5, 5.41) is 42.0. The summed E-state index contributed by atoms with van der Waals surface area (Å²) in [6, 6.07) is 58.2. The Bertz CT molecular complexity index is 6720. The van der Waals surface area contributed by atoms with Crippen LogP contribution in [-0.2, 0) is 102 Å². The molecule has 737 valence electrons. The predicted molar refractivity (Wildman–Crippen MR) is 578 cm³/mol. The van der Waals surface area contributed by atoms with Crippen LogP contribution in [0, 0.1) is 32.9 Å². The van der Waals surface area contributed by atoms with Gasteiger partial charge in [-0.1, -0.05) is 169 Å². The fourth-order valence-electron chi connectivity index (χ4n) is 16.0. The normalized spacial score (nSPS) is 13.6. The number of rotatable bonds is 17. The average Bonchev–Trinajstić information content (AvgIpc) is 1.32. The fraction of sp³-hybridized carbons (Fsp3) is 0.305. The number of ether oxygens (including phenoxy) is 3. The van der Waals surface area contributed by atoms with Gasteiger partial charge in [-0.15, -0.1) is 11.6 Å². The van der Waals surface area contributed by atoms with Crippen molar-refractivity contribution in [2.45, 2.75) is 132 Å². The van der Waals surface area contributed by atoms with E-state index in [4.69, 9.17) is 132 Å². The first-order valence-corrected chi connectivity index (χ1v) is 48.4. The minimum atomic E-state index is -1.11. The number of pyridine rings is 4. The summed E-state index contributed by atoms with van der Waals surface area (Å²) in [7, 11) is 4.12. The number of fused-ring (bicyclic) bond motifs is 8. The van der Waals surface area contributed by atoms with E-state index in [2.05, 4.69) is 124 Å². The van der Waals surface area contributed by atoms with Crippen LogP contribution < -0.4 is 31.6 Å². The first-order chi connectivity index (χ1) is 68.8. The number of nitrogens with one attached hydrogen (secondary N) is 2. The van der Waals surface area contributed by atoms with E-state index >= 15 is 0 Å². The number of carboxylic acid groups (broad SMARTS) is 1. The van der Waals surface area contributed by atoms with Gasteiger partial charge in [0.25, 0.3) is 0 Å². The monoisotopic (exact) mass is 2040 g/mol. The number of aromatic carboxylic acids is 1. The molecule has 13 aromatic rings. The number of carbonyl (C=O) groups is 2. The number of Topliss-reactive ketones (excluding diaryl/α,β-unsaturated/α-hetero) is 1. The van der Waals surface area contributed by atoms with Crippen molar-refractivity contribution in [3.8, 4) is 11.5 Å². The quantitative estimate of drug-likeness (QED) is 0.00847. The van der Waals surface area contributed by atoms with Gasteiger partial charge in [0, 0.05) is 215 Å². The largest absolute Gasteiger partial charge is 0.495 e. The van der Waals surface area contributed by atoms with Crippen molar-refractivity contribution in [3.05, 3.63) is 343 Å². The van der Waals surface area contributed by atoms with Crippen molar-refractivity contribution in [1.82, 2.24) is 44.7 Å². The van der Waals surface area contributed by atoms with Crippen molar-refractivity contribution in [1.29, 1.82) is 0 Å². The molecule has 2 saturated heterocycles. The Morgan fingerprint density at radius 3 is 1.38 bits per heavy atom. The third-order valence-electron chi connectivity index (χ3n) is 23.4. The molecule has 0 bridgehead atoms. The molecule has 0 saturated carbocycles. The zero-order chi connectivity index (χ0) is 102. The number of hydrogen-bond acceptors (Lipinski definition) is 22. The van der Waals surface area contributed by atoms with E-state index in [0.29, 0.717) is 88.4 Å². The Hall–Kier alpha value is -12.2. The van der Waals surface area contributed by atoms with Gasteiger partial charge in [-0.2, -0.15) is 0 Å². The third kappa shape index (κ3) is 33.2. The van der Waals surface area contributed by atoms with Crippen molar-refractivity contribution < 1.29 is 53.4 Å². The second-order valence-electron chi connectivity index (χ2n) is 32.9. The number of alkyl halides is 1. The number of carbonyl (C=O) groups excluding carboxylic acids is 1. The third-order valence-corrected chi connectivity index (χ3v) is 25.3. The second kappa shape index (κ2) is 59.1. The van der Waals surface area contributed by atoms with Gasteiger partial charge in [-0.05, 0) is 147 Å². The van der Waals surface area contributed by atoms with Gasteiger partial charge in [-0.3, -0.25) is 34.5 Å². The Balaban J connectivity index is 0.000000185. The minimum Gasteiger partial charge on any atom is -0.495 e. The number of methoxy groups -OCH3 is 2. The van der Waals surface area contributed by atoms with E-state index in [1.54, 1.807) is 71.1 Å². The summed E-state index contributed by atoms with van der Waals surface area (Å²) in [6.07, 6.45) is 8.85. The van der Waals surface area contributed by atoms with E-state index in [1.165, 1.54) is 56.0 Å². The van der Waals surface area contributed by atoms with Crippen LogP contribution in [0.15, 0.2) is 188 Å². The molecule has 6 aliphatic rings. The molecule has 28 nitrogen and oxygen atoms in total. The van der Waals surface area contributed by atoms with Crippen LogP contribution in [0.25, 0.3) is 67.8 Å². The molecule has 6 aliphatic heterocycles. The first-order valence-electron chi connectivity index (χ1n) is 45.7. The molecule has 2 fully saturated rings. The topological polar surface area (TPSA) is 320 Å². The molecule has 1 radical (unpaired) electrons. The molecule has 0 unspecified atom stereocenters. The predicted octanol–water partition coefficient (Wildman–Crippen LogP) is 22.6. The van der Waals surface area contributed by atoms with E-state index < -0.39 is 20.1 Å². The fourth-order valence-corrected chi connectivity index (χ4v) is 17.5. The average molecular weight is 2040 g/mol. The molecule has 9 N–H and O–H groups in total. The SMILES string of the molecule is C.C1CCOC1.CCl.COc1ccc(CN)cc1Cl.C[B]OOCB=O.O=C1CCN(Cc2ccccc2)CC1.[C-]#[N+]c1ccc(N)c(C(=O)O)c1.[C-]#[N+]c1ccc2nc3c(c(Cl)c2c1)CN(B(C)O)CC3.[C-]#[N+]c1ccc2nc3c(c(Cl)c2c1)CN(Cc1ccccc1)CC3.[C-]#[N+]c1ccc2nc3c(c(Cl)c2c1)CNCC3.[C-]#[N+]c1ccc2nc3c(c(NCc4ccc(OC)c(Cl)c4)c2c1)CN(B(C)O)CC3. The zero-order valence-electron chi connectivity index (χ0n) is 79.7. The van der Waals surface area contributed by atoms with Gasteiger partial charge in [0.15, 0.2) is 28.4 Å². The molecule has 143 heavy (non-hydrogen) atoms. The van der Waals surface area contributed by atoms with Crippen LogP contribution in [0.2, 0.25) is 45.6 Å². The minimum absolute atomic E-state index is 0. The molecule has 9 aromatic carbocycles. The van der Waals surface area contributed by atoms with Gasteiger partial charge in [0.1, 0.15) is 17.3 Å². The van der Waals surface area contributed by atoms with Crippen LogP contribution in [0.3, 0.4) is 0 Å². The van der Waals surface area contributed by atoms with Gasteiger partial charge < -0.3 is 61.1 Å². The van der Waals surface area contributed by atoms with Crippen LogP contribution in [0.1, 0.15) is 111 Å². The van der Waals surface area contributed by atoms with Crippen molar-refractivity contribution in [2.24, 2.45) is 5.73 Å². The number of nitrogens with two attached hydrogens (primary N) is 2. The van der Waals surface area contributed by atoms with E-state index in [-0.39, 0.29) is 30.9 Å². The molecule has 0 spiro atoms. The molecular formula is C105H112B4Cl6N17O11. The molecular weight excluding hydrogens is 1930 g/mol. The molecule has 0 aliphatic carbocycles. The number of ketones is 1. The van der Waals surface area contributed by atoms with Gasteiger partial charge in [0.2, 0.25) is 0 Å². The Kier molecular flexibility index (Phi) is 47.3. The molecule has 0 atom stereocenters. The standard InChI is InChI=1S/C22H22BClN4O2.C20H16ClN3.C14H13BClN3O.C13H10ClN3.C12H15NO.C8H10ClNO.C8H6N2O2.C4H8O.C2H5B2O3.CH3Cl.CH4/c1-23(29)28-9-8-20-17(13-28)22(16-11-15(25-2)5-6-19(16)27-20)26-12-14-4-7-21(30-3)18(24)10-14;1-22-15-7-8-18-16(11-15)20(21)17-13-24(10-9-19(17)23-18)12-14-5-3-2-4-6-14;1-15(20)19-6-5-13-11(8-19)14(16)10-7-9(17-2)3-4-12(10)18-13;1-15-8-2-3-11-9(6-8)13(14)10-7-16-5-4-12(10)17-11;14-12-6-8-13(9-7-12)10-11-4-2-1-3-5-11;1-11-8-3-2-6(5-10)4-7(8)9;1-10-5-2-3-7(9)6(4-5)8(11)12;1-2-4-5-3-1;1-3-7-6-2-4-5;1-2;/h4-7,10-11,29H,8-9,12-13H2,1,3H3,(H,26,27);2-8,11H,9-10,12-13H2;3-4,7,20H,5-6,8H2,1H3;2-3,6,16H,4-5,7H2;1-5H,6-10H2;2-4H,5,10H2,1H3;2-4H,9H2,(H,11,12);1-4H2;2H2,1H3;1H3;1H4. The number of carboxylic acids is 1. The number of nitrogens with zero attached hydrogens (tertiary/aromatic N) is 13. The van der Waals surface area contributed by atoms with Crippen LogP contribution in [0.5, 0.6) is 11.5 Å². The van der Waals surface area contributed by atoms with Crippen LogP contribution in [0.4, 0.5) is 39.8 Å². The van der Waals surface area contributed by atoms with Crippen LogP contribution >= 0.6 is 69.6 Å². The molecule has 4 aromatic heterocycles. The summed E-state index contributed by atoms with van der Waals surface area (Å²) in [5.74, 6) is 0.623. The summed E-state index contributed by atoms with van der Waals surface area (Å²) < 4.78 is 24.6. The maximum atomic E-state index is 11.0. The number of likely N-dealkylation sites (tertiary alicyclic amines) is 1. The molecule has 19 rings (SSSR count). The van der Waals surface area contributed by atoms with Gasteiger partial charge in [-0.25, -0.2) is 29.0 Å². The second-order valence-corrected chi connectivity index (χ2v) is 34.8. The van der Waals surface area contributed by atoms with Crippen molar-refractivity contribution in [2.75, 3.05) is 90.6 Å². The zero-order valence-corrected chi connectivity index (χ0v) is 84.3. The number of aromatic nitrogens is 4. The van der Waals surface area contributed by atoms with Gasteiger partial charge in [0.05, 0.1) is 99.8 Å². The van der Waals surface area contributed by atoms with E-state index in [0.717, 1.165) is 233 Å². The Morgan fingerprint density at radius 1 is 0.524 bits per heavy atom. The number of halogens is 6. The van der Waals surface area contributed by atoms with Crippen molar-refractivity contribution in [3.63, 3.8) is 0 Å². The first kappa shape index (κ1) is 114. The molecule has 38 heteroatoms. The van der Waals surface area contributed by atoms with Crippen molar-refractivity contribution >= 4 is 194 Å². The number of hydrogen-bond donors (Lipinski definition) is 7. The summed E-state index contributed by atoms with van der Waals surface area (Å²) in [5.41, 5.74) is 31.0. The maximum Gasteiger partial charge on any atom is 0.376 e. The number of benzene rings is 9. The Labute approximate surface area is 868 Å². The summed E-state index contributed by atoms with van der Waals surface area (Å²) in [6.45, 7) is 53.5. The van der Waals surface area contributed by atoms with E-state index in [1.807, 2.05) is 94.6 Å². The summed E-state index contributed by atoms with van der Waals surface area (Å²) >= 11 is 36.4. The Morgan fingerprint density at radius 2 is 0.937 bits per heavy atom. The molecule has 0 amide bonds.